The van der Waals surface area contributed by atoms with E-state index in [1.165, 1.54) is 4.90 Å². The van der Waals surface area contributed by atoms with Crippen LogP contribution in [0.4, 0.5) is 10.5 Å². The van der Waals surface area contributed by atoms with Crippen molar-refractivity contribution in [3.63, 3.8) is 0 Å². The van der Waals surface area contributed by atoms with Gasteiger partial charge in [0.15, 0.2) is 5.96 Å². The summed E-state index contributed by atoms with van der Waals surface area (Å²) in [5.41, 5.74) is 10.3. The molecule has 4 atom stereocenters. The molecule has 0 bridgehead atoms. The van der Waals surface area contributed by atoms with E-state index in [1.54, 1.807) is 58.9 Å². The maximum atomic E-state index is 14.5. The number of aromatic amines is 1. The van der Waals surface area contributed by atoms with Gasteiger partial charge in [-0.15, -0.1) is 0 Å². The normalized spacial score (nSPS) is 16.3. The van der Waals surface area contributed by atoms with Gasteiger partial charge < -0.3 is 51.5 Å². The number of esters is 2. The van der Waals surface area contributed by atoms with Crippen LogP contribution in [0.2, 0.25) is 0 Å². The Morgan fingerprint density at radius 3 is 2.25 bits per heavy atom. The molecule has 392 valence electrons. The third-order valence-electron chi connectivity index (χ3n) is 12.6. The number of nitrogens with zero attached hydrogens (tertiary/aromatic N) is 2. The Morgan fingerprint density at radius 1 is 0.849 bits per heavy atom. The molecule has 8 N–H and O–H groups in total. The van der Waals surface area contributed by atoms with Gasteiger partial charge in [0.25, 0.3) is 0 Å². The number of H-pyrrole nitrogens is 1. The van der Waals surface area contributed by atoms with Crippen molar-refractivity contribution in [2.24, 2.45) is 16.6 Å². The Bertz CT molecular complexity index is 2590. The number of hydrogen-bond donors (Lipinski definition) is 7. The third kappa shape index (κ3) is 16.6. The van der Waals surface area contributed by atoms with E-state index in [0.29, 0.717) is 12.8 Å². The van der Waals surface area contributed by atoms with Crippen LogP contribution in [0.3, 0.4) is 0 Å². The average Bonchev–Trinajstić information content (AvgIpc) is 3.72. The number of ether oxygens (including phenoxy) is 3. The van der Waals surface area contributed by atoms with Crippen LogP contribution in [0.15, 0.2) is 83.9 Å². The van der Waals surface area contributed by atoms with Gasteiger partial charge in [-0.25, -0.2) is 9.59 Å². The zero-order valence-electron chi connectivity index (χ0n) is 42.7. The van der Waals surface area contributed by atoms with Gasteiger partial charge in [-0.1, -0.05) is 86.5 Å². The van der Waals surface area contributed by atoms with Gasteiger partial charge >= 0.3 is 18.0 Å². The molecule has 2 aliphatic rings. The topological polar surface area (TPSA) is 265 Å². The average molecular weight is 1010 g/mol. The summed E-state index contributed by atoms with van der Waals surface area (Å²) in [6.07, 6.45) is 2.95. The summed E-state index contributed by atoms with van der Waals surface area (Å²) >= 11 is 0. The number of benzene rings is 3. The lowest BCUT2D eigenvalue weighted by atomic mass is 9.96. The minimum absolute atomic E-state index is 0.0335. The number of anilines is 1. The number of aromatic nitrogens is 1. The van der Waals surface area contributed by atoms with Crippen molar-refractivity contribution in [3.8, 4) is 0 Å². The lowest BCUT2D eigenvalue weighted by molar-refractivity contribution is -0.153. The summed E-state index contributed by atoms with van der Waals surface area (Å²) < 4.78 is 17.0. The molecule has 1 aliphatic carbocycles. The van der Waals surface area contributed by atoms with E-state index in [0.717, 1.165) is 58.2 Å². The standard InChI is InChI=1S/C54H71N9O10/c1-33(2)47(51(69)71-32-35-16-9-7-10-17-35)62-49(67)42(29-46(65)72-37-18-11-8-12-19-37)60-45(64)30-57-48(66)41(22-15-27-56-52(55)58-36-25-23-34(3)24-26-36)61-50(68)44-28-39-38-20-13-14-21-40(38)59-43(39)31-63(44)53(70)73-54(4,5)6/h7,9-10,13-14,16-17,20-21,23-26,33,37,41-42,44,47,59H,8,11-12,15,18-19,22,27-32H2,1-6H3,(H,57,66)(H,60,64)(H,61,68)(H,62,67)(H3,55,56,58)/t41-,42-,44-,47-/m0/s1. The Kier molecular flexibility index (Phi) is 19.4. The first-order chi connectivity index (χ1) is 34.8. The van der Waals surface area contributed by atoms with Crippen molar-refractivity contribution in [1.82, 2.24) is 31.2 Å². The molecule has 1 fully saturated rings. The Morgan fingerprint density at radius 2 is 1.55 bits per heavy atom. The molecule has 1 aliphatic heterocycles. The second kappa shape index (κ2) is 25.8. The van der Waals surface area contributed by atoms with E-state index in [9.17, 15) is 33.6 Å². The van der Waals surface area contributed by atoms with Crippen LogP contribution in [0, 0.1) is 12.8 Å². The summed E-state index contributed by atoms with van der Waals surface area (Å²) in [7, 11) is 0. The van der Waals surface area contributed by atoms with Gasteiger partial charge in [-0.2, -0.15) is 0 Å². The predicted molar refractivity (Wildman–Crippen MR) is 276 cm³/mol. The van der Waals surface area contributed by atoms with E-state index >= 15 is 0 Å². The number of guanidine groups is 1. The molecule has 4 aromatic rings. The quantitative estimate of drug-likeness (QED) is 0.0188. The summed E-state index contributed by atoms with van der Waals surface area (Å²) in [6.45, 7) is 10.1. The maximum Gasteiger partial charge on any atom is 0.411 e. The number of carbonyl (C=O) groups is 7. The molecule has 0 unspecified atom stereocenters. The van der Waals surface area contributed by atoms with Crippen molar-refractivity contribution < 1.29 is 47.8 Å². The fourth-order valence-electron chi connectivity index (χ4n) is 8.71. The van der Waals surface area contributed by atoms with E-state index in [2.05, 4.69) is 36.6 Å². The van der Waals surface area contributed by atoms with Crippen LogP contribution in [-0.4, -0.2) is 106 Å². The SMILES string of the molecule is Cc1ccc(NC(N)=NCCC[C@H](NC(=O)[C@@H]2Cc3c([nH]c4ccccc34)CN2C(=O)OC(C)(C)C)C(=O)NCC(=O)N[C@@H](CC(=O)OC2CCCCC2)C(=O)N[C@H](C(=O)OCc2ccccc2)C(C)C)cc1. The van der Waals surface area contributed by atoms with Crippen LogP contribution in [-0.2, 0) is 62.6 Å². The number of hydrogen-bond acceptors (Lipinski definition) is 11. The van der Waals surface area contributed by atoms with E-state index in [4.69, 9.17) is 19.9 Å². The summed E-state index contributed by atoms with van der Waals surface area (Å²) in [6, 6.07) is 19.2. The smallest absolute Gasteiger partial charge is 0.411 e. The molecule has 0 saturated heterocycles. The zero-order valence-corrected chi connectivity index (χ0v) is 42.7. The Labute approximate surface area is 426 Å². The number of aliphatic imine (C=N–C) groups is 1. The first kappa shape index (κ1) is 54.9. The minimum atomic E-state index is -1.50. The number of nitrogens with one attached hydrogen (secondary N) is 6. The van der Waals surface area contributed by atoms with Crippen LogP contribution >= 0.6 is 0 Å². The van der Waals surface area contributed by atoms with E-state index in [-0.39, 0.29) is 51.0 Å². The highest BCUT2D eigenvalue weighted by molar-refractivity contribution is 5.97. The molecule has 5 amide bonds. The van der Waals surface area contributed by atoms with E-state index in [1.807, 2.05) is 61.5 Å². The second-order valence-corrected chi connectivity index (χ2v) is 20.0. The second-order valence-electron chi connectivity index (χ2n) is 20.0. The fourth-order valence-corrected chi connectivity index (χ4v) is 8.71. The minimum Gasteiger partial charge on any atom is -0.462 e. The van der Waals surface area contributed by atoms with Crippen LogP contribution in [0.5, 0.6) is 0 Å². The molecular formula is C54H71N9O10. The summed E-state index contributed by atoms with van der Waals surface area (Å²) in [4.78, 5) is 106. The molecule has 2 heterocycles. The first-order valence-electron chi connectivity index (χ1n) is 25.1. The molecule has 6 rings (SSSR count). The zero-order chi connectivity index (χ0) is 52.7. The van der Waals surface area contributed by atoms with Gasteiger partial charge in [0.2, 0.25) is 23.6 Å². The van der Waals surface area contributed by atoms with Gasteiger partial charge in [0.1, 0.15) is 42.5 Å². The van der Waals surface area contributed by atoms with Gasteiger partial charge in [-0.3, -0.25) is 33.9 Å². The van der Waals surface area contributed by atoms with Crippen molar-refractivity contribution in [2.75, 3.05) is 18.4 Å². The highest BCUT2D eigenvalue weighted by atomic mass is 16.6. The van der Waals surface area contributed by atoms with Gasteiger partial charge in [-0.05, 0) is 101 Å². The first-order valence-corrected chi connectivity index (χ1v) is 25.1. The Balaban J connectivity index is 1.17. The van der Waals surface area contributed by atoms with Gasteiger partial charge in [0.05, 0.1) is 19.5 Å². The number of aryl methyl sites for hydroxylation is 1. The molecule has 1 aromatic heterocycles. The molecule has 3 aromatic carbocycles. The van der Waals surface area contributed by atoms with Crippen molar-refractivity contribution in [1.29, 1.82) is 0 Å². The lowest BCUT2D eigenvalue weighted by Gasteiger charge is -2.36. The third-order valence-corrected chi connectivity index (χ3v) is 12.6. The van der Waals surface area contributed by atoms with Crippen molar-refractivity contribution >= 4 is 64.2 Å². The highest BCUT2D eigenvalue weighted by Crippen LogP contribution is 2.31. The molecule has 0 radical (unpaired) electrons. The van der Waals surface area contributed by atoms with Crippen LogP contribution in [0.25, 0.3) is 10.9 Å². The van der Waals surface area contributed by atoms with Crippen molar-refractivity contribution in [2.45, 2.75) is 148 Å². The largest absolute Gasteiger partial charge is 0.462 e. The maximum absolute atomic E-state index is 14.5. The summed E-state index contributed by atoms with van der Waals surface area (Å²) in [5, 5.41) is 14.6. The number of fused-ring (bicyclic) bond motifs is 3. The van der Waals surface area contributed by atoms with Gasteiger partial charge in [0, 0.05) is 35.2 Å². The number of para-hydroxylation sites is 1. The number of amides is 5. The molecule has 1 saturated carbocycles. The van der Waals surface area contributed by atoms with E-state index < -0.39 is 90.3 Å². The summed E-state index contributed by atoms with van der Waals surface area (Å²) in [5.74, 6) is -4.78. The fraction of sp³-hybridized carbons (Fsp3) is 0.481. The molecule has 0 spiro atoms. The van der Waals surface area contributed by atoms with Crippen LogP contribution < -0.4 is 32.3 Å². The van der Waals surface area contributed by atoms with Crippen molar-refractivity contribution in [3.05, 3.63) is 101 Å². The number of nitrogens with two attached hydrogens (primary N) is 1. The molecule has 73 heavy (non-hydrogen) atoms. The molecule has 19 heteroatoms. The predicted octanol–water partition coefficient (Wildman–Crippen LogP) is 5.58. The number of carbonyl (C=O) groups excluding carboxylic acids is 7. The van der Waals surface area contributed by atoms with Crippen LogP contribution in [0.1, 0.15) is 108 Å². The monoisotopic (exact) mass is 1010 g/mol. The highest BCUT2D eigenvalue weighted by Gasteiger charge is 2.40. The Hall–Kier alpha value is -7.44. The number of rotatable bonds is 20. The molecular weight excluding hydrogens is 935 g/mol. The molecule has 19 nitrogen and oxygen atoms in total. The lowest BCUT2D eigenvalue weighted by Crippen LogP contribution is -2.58.